The largest absolute Gasteiger partial charge is 0.575 e. The molecule has 2 rings (SSSR count). The van der Waals surface area contributed by atoms with Gasteiger partial charge in [0.05, 0.1) is 11.8 Å². The fourth-order valence-corrected chi connectivity index (χ4v) is 2.66. The van der Waals surface area contributed by atoms with Crippen molar-refractivity contribution in [1.29, 1.82) is 0 Å². The number of halogens is 3. The molecule has 2 aliphatic rings. The molecule has 17 heavy (non-hydrogen) atoms. The lowest BCUT2D eigenvalue weighted by molar-refractivity contribution is -0.308. The van der Waals surface area contributed by atoms with E-state index in [1.165, 1.54) is 0 Å². The highest BCUT2D eigenvalue weighted by molar-refractivity contribution is 5.83. The Morgan fingerprint density at radius 2 is 1.71 bits per heavy atom. The van der Waals surface area contributed by atoms with Crippen LogP contribution in [0.25, 0.3) is 0 Å². The number of fused-ring (bicyclic) bond motifs is 2. The van der Waals surface area contributed by atoms with Gasteiger partial charge in [-0.3, -0.25) is 9.59 Å². The Bertz CT molecular complexity index is 388. The Morgan fingerprint density at radius 3 is 2.18 bits per heavy atom. The number of alkyl halides is 3. The van der Waals surface area contributed by atoms with Gasteiger partial charge in [-0.05, 0) is 18.3 Å². The molecule has 2 aliphatic carbocycles. The maximum Gasteiger partial charge on any atom is 0.575 e. The maximum atomic E-state index is 11.9. The molecule has 4 atom stereocenters. The second kappa shape index (κ2) is 3.75. The first kappa shape index (κ1) is 11.9. The van der Waals surface area contributed by atoms with Crippen molar-refractivity contribution in [2.24, 2.45) is 23.7 Å². The summed E-state index contributed by atoms with van der Waals surface area (Å²) in [6.07, 6.45) is -1.44. The van der Waals surface area contributed by atoms with Gasteiger partial charge in [-0.2, -0.15) is 0 Å². The van der Waals surface area contributed by atoms with E-state index in [2.05, 4.69) is 4.74 Å². The zero-order valence-corrected chi connectivity index (χ0v) is 8.48. The minimum atomic E-state index is -5.06. The molecule has 0 radical (unpaired) electrons. The molecule has 0 aromatic heterocycles. The van der Waals surface area contributed by atoms with Gasteiger partial charge in [0.2, 0.25) is 0 Å². The van der Waals surface area contributed by atoms with E-state index in [9.17, 15) is 22.8 Å². The first-order valence-corrected chi connectivity index (χ1v) is 5.00. The molecule has 0 aromatic carbocycles. The predicted molar refractivity (Wildman–Crippen MR) is 47.5 cm³/mol. The Balaban J connectivity index is 2.17. The van der Waals surface area contributed by atoms with Crippen LogP contribution in [-0.4, -0.2) is 23.4 Å². The molecular formula is C10H9F3O4. The van der Waals surface area contributed by atoms with Crippen LogP contribution < -0.4 is 0 Å². The summed E-state index contributed by atoms with van der Waals surface area (Å²) in [5.74, 6) is -5.93. The third-order valence-electron chi connectivity index (χ3n) is 3.23. The molecule has 7 heteroatoms. The third kappa shape index (κ3) is 2.13. The van der Waals surface area contributed by atoms with Gasteiger partial charge in [0.15, 0.2) is 0 Å². The van der Waals surface area contributed by atoms with Crippen LogP contribution in [0.15, 0.2) is 12.2 Å². The van der Waals surface area contributed by atoms with E-state index in [0.29, 0.717) is 6.42 Å². The first-order valence-electron chi connectivity index (χ1n) is 5.00. The van der Waals surface area contributed by atoms with Crippen LogP contribution >= 0.6 is 0 Å². The summed E-state index contributed by atoms with van der Waals surface area (Å²) in [7, 11) is 0. The number of hydrogen-bond donors (Lipinski definition) is 1. The molecule has 0 spiro atoms. The quantitative estimate of drug-likeness (QED) is 0.597. The Kier molecular flexibility index (Phi) is 2.63. The van der Waals surface area contributed by atoms with E-state index in [1.807, 2.05) is 0 Å². The van der Waals surface area contributed by atoms with Crippen LogP contribution in [0.4, 0.5) is 13.2 Å². The number of ether oxygens (including phenoxy) is 1. The van der Waals surface area contributed by atoms with Crippen LogP contribution in [0.2, 0.25) is 0 Å². The van der Waals surface area contributed by atoms with E-state index >= 15 is 0 Å². The molecule has 4 nitrogen and oxygen atoms in total. The van der Waals surface area contributed by atoms with Crippen LogP contribution in [0, 0.1) is 23.7 Å². The molecule has 0 saturated heterocycles. The van der Waals surface area contributed by atoms with Gasteiger partial charge in [-0.15, -0.1) is 13.2 Å². The number of carbonyl (C=O) groups excluding carboxylic acids is 1. The lowest BCUT2D eigenvalue weighted by Crippen LogP contribution is -2.36. The summed E-state index contributed by atoms with van der Waals surface area (Å²) in [5, 5.41) is 8.93. The number of rotatable bonds is 2. The van der Waals surface area contributed by atoms with Crippen LogP contribution in [0.5, 0.6) is 0 Å². The SMILES string of the molecule is O=C(OC(F)(F)F)[C@@H]1[C@@H](C(=O)O)[C@H]2C=C[C@@H]1C2. The molecule has 0 heterocycles. The molecule has 2 bridgehead atoms. The number of carboxylic acids is 1. The third-order valence-corrected chi connectivity index (χ3v) is 3.23. The standard InChI is InChI=1S/C10H9F3O4/c11-10(12,13)17-9(16)7-5-2-1-4(3-5)6(7)8(14)15/h1-2,4-7H,3H2,(H,14,15)/t4-,5+,6-,7-/m0/s1. The van der Waals surface area contributed by atoms with E-state index in [-0.39, 0.29) is 5.92 Å². The molecule has 1 fully saturated rings. The highest BCUT2D eigenvalue weighted by atomic mass is 19.4. The zero-order valence-electron chi connectivity index (χ0n) is 8.48. The topological polar surface area (TPSA) is 63.6 Å². The van der Waals surface area contributed by atoms with Crippen molar-refractivity contribution in [3.8, 4) is 0 Å². The average molecular weight is 250 g/mol. The number of carboxylic acid groups (broad SMARTS) is 1. The molecule has 94 valence electrons. The fraction of sp³-hybridized carbons (Fsp3) is 0.600. The van der Waals surface area contributed by atoms with Crippen LogP contribution in [0.1, 0.15) is 6.42 Å². The normalized spacial score (nSPS) is 35.0. The van der Waals surface area contributed by atoms with Crippen LogP contribution in [-0.2, 0) is 14.3 Å². The number of aliphatic carboxylic acids is 1. The highest BCUT2D eigenvalue weighted by Crippen LogP contribution is 2.49. The average Bonchev–Trinajstić information content (AvgIpc) is 2.72. The van der Waals surface area contributed by atoms with Gasteiger partial charge in [0.1, 0.15) is 0 Å². The summed E-state index contributed by atoms with van der Waals surface area (Å²) in [4.78, 5) is 22.3. The number of allylic oxidation sites excluding steroid dienone is 2. The van der Waals surface area contributed by atoms with Gasteiger partial charge in [-0.1, -0.05) is 12.2 Å². The minimum absolute atomic E-state index is 0.372. The van der Waals surface area contributed by atoms with Crippen molar-refractivity contribution in [3.05, 3.63) is 12.2 Å². The second-order valence-electron chi connectivity index (χ2n) is 4.20. The Labute approximate surface area is 94.0 Å². The molecule has 1 N–H and O–H groups in total. The van der Waals surface area contributed by atoms with Crippen molar-refractivity contribution < 1.29 is 32.6 Å². The number of hydrogen-bond acceptors (Lipinski definition) is 3. The van der Waals surface area contributed by atoms with E-state index in [4.69, 9.17) is 5.11 Å². The van der Waals surface area contributed by atoms with Crippen LogP contribution in [0.3, 0.4) is 0 Å². The lowest BCUT2D eigenvalue weighted by Gasteiger charge is -2.23. The first-order chi connectivity index (χ1) is 7.79. The molecule has 0 aromatic rings. The summed E-state index contributed by atoms with van der Waals surface area (Å²) in [6, 6.07) is 0. The molecule has 0 unspecified atom stereocenters. The van der Waals surface area contributed by atoms with Crippen molar-refractivity contribution in [2.45, 2.75) is 12.8 Å². The van der Waals surface area contributed by atoms with Gasteiger partial charge in [-0.25, -0.2) is 0 Å². The van der Waals surface area contributed by atoms with Crippen molar-refractivity contribution in [1.82, 2.24) is 0 Å². The smallest absolute Gasteiger partial charge is 0.481 e. The van der Waals surface area contributed by atoms with E-state index in [0.717, 1.165) is 0 Å². The Morgan fingerprint density at radius 1 is 1.18 bits per heavy atom. The molecule has 1 saturated carbocycles. The van der Waals surface area contributed by atoms with Crippen molar-refractivity contribution in [2.75, 3.05) is 0 Å². The molecule has 0 aliphatic heterocycles. The van der Waals surface area contributed by atoms with Crippen molar-refractivity contribution in [3.63, 3.8) is 0 Å². The number of carbonyl (C=O) groups is 2. The van der Waals surface area contributed by atoms with Gasteiger partial charge in [0, 0.05) is 0 Å². The van der Waals surface area contributed by atoms with Gasteiger partial charge in [0.25, 0.3) is 0 Å². The highest BCUT2D eigenvalue weighted by Gasteiger charge is 2.54. The number of esters is 1. The predicted octanol–water partition coefficient (Wildman–Crippen LogP) is 1.57. The van der Waals surface area contributed by atoms with Gasteiger partial charge >= 0.3 is 18.3 Å². The molecular weight excluding hydrogens is 241 g/mol. The summed E-state index contributed by atoms with van der Waals surface area (Å²) < 4.78 is 39.1. The summed E-state index contributed by atoms with van der Waals surface area (Å²) in [6.45, 7) is 0. The zero-order chi connectivity index (χ0) is 12.8. The monoisotopic (exact) mass is 250 g/mol. The van der Waals surface area contributed by atoms with E-state index < -0.39 is 36.1 Å². The Hall–Kier alpha value is -1.53. The summed E-state index contributed by atoms with van der Waals surface area (Å²) >= 11 is 0. The minimum Gasteiger partial charge on any atom is -0.481 e. The van der Waals surface area contributed by atoms with Gasteiger partial charge < -0.3 is 9.84 Å². The van der Waals surface area contributed by atoms with E-state index in [1.54, 1.807) is 12.2 Å². The van der Waals surface area contributed by atoms with Crippen molar-refractivity contribution >= 4 is 11.9 Å². The maximum absolute atomic E-state index is 11.9. The second-order valence-corrected chi connectivity index (χ2v) is 4.20. The molecule has 0 amide bonds. The lowest BCUT2D eigenvalue weighted by atomic mass is 9.83. The fourth-order valence-electron chi connectivity index (χ4n) is 2.66. The summed E-state index contributed by atoms with van der Waals surface area (Å²) in [5.41, 5.74) is 0.